The summed E-state index contributed by atoms with van der Waals surface area (Å²) in [5, 5.41) is 0.220. The van der Waals surface area contributed by atoms with Crippen LogP contribution in [-0.2, 0) is 16.0 Å². The van der Waals surface area contributed by atoms with Gasteiger partial charge < -0.3 is 9.47 Å². The lowest BCUT2D eigenvalue weighted by molar-refractivity contribution is -0.139. The first-order chi connectivity index (χ1) is 7.08. The fraction of sp³-hybridized carbons (Fsp3) is 0.300. The first-order valence-electron chi connectivity index (χ1n) is 4.17. The molecule has 0 amide bonds. The Labute approximate surface area is 91.7 Å². The lowest BCUT2D eigenvalue weighted by atomic mass is 10.1. The molecule has 0 saturated heterocycles. The van der Waals surface area contributed by atoms with Crippen LogP contribution in [0.2, 0.25) is 5.02 Å². The van der Waals surface area contributed by atoms with Crippen molar-refractivity contribution in [3.8, 4) is 5.75 Å². The van der Waals surface area contributed by atoms with E-state index in [4.69, 9.17) is 16.3 Å². The van der Waals surface area contributed by atoms with Crippen LogP contribution in [0, 0.1) is 5.82 Å². The number of esters is 1. The van der Waals surface area contributed by atoms with E-state index in [0.29, 0.717) is 0 Å². The number of rotatable bonds is 3. The molecule has 0 aliphatic heterocycles. The molecule has 0 fully saturated rings. The molecule has 0 aliphatic carbocycles. The molecule has 0 atom stereocenters. The smallest absolute Gasteiger partial charge is 0.310 e. The number of halogens is 2. The molecule has 15 heavy (non-hydrogen) atoms. The second kappa shape index (κ2) is 4.98. The van der Waals surface area contributed by atoms with Gasteiger partial charge in [-0.05, 0) is 12.1 Å². The minimum atomic E-state index is -0.579. The van der Waals surface area contributed by atoms with E-state index in [9.17, 15) is 9.18 Å². The highest BCUT2D eigenvalue weighted by Gasteiger charge is 2.15. The second-order valence-electron chi connectivity index (χ2n) is 2.82. The first kappa shape index (κ1) is 11.8. The zero-order chi connectivity index (χ0) is 11.4. The average molecular weight is 233 g/mol. The lowest BCUT2D eigenvalue weighted by Crippen LogP contribution is -2.07. The number of carbonyl (C=O) groups is 1. The molecular formula is C10H10ClFO3. The third-order valence-electron chi connectivity index (χ3n) is 1.89. The minimum absolute atomic E-state index is 0.147. The zero-order valence-corrected chi connectivity index (χ0v) is 9.10. The Hall–Kier alpha value is -1.29. The normalized spacial score (nSPS) is 9.87. The van der Waals surface area contributed by atoms with Crippen LogP contribution in [0.1, 0.15) is 5.56 Å². The molecule has 1 aromatic rings. The molecule has 0 unspecified atom stereocenters. The summed E-state index contributed by atoms with van der Waals surface area (Å²) in [6.45, 7) is 0. The fourth-order valence-corrected chi connectivity index (χ4v) is 1.34. The molecule has 0 aliphatic rings. The second-order valence-corrected chi connectivity index (χ2v) is 3.26. The lowest BCUT2D eigenvalue weighted by Gasteiger charge is -2.09. The minimum Gasteiger partial charge on any atom is -0.496 e. The van der Waals surface area contributed by atoms with Crippen molar-refractivity contribution in [2.45, 2.75) is 6.42 Å². The predicted molar refractivity (Wildman–Crippen MR) is 53.7 cm³/mol. The van der Waals surface area contributed by atoms with Gasteiger partial charge in [0.1, 0.15) is 11.6 Å². The van der Waals surface area contributed by atoms with E-state index in [1.807, 2.05) is 0 Å². The summed E-state index contributed by atoms with van der Waals surface area (Å²) >= 11 is 5.64. The number of hydrogen-bond donors (Lipinski definition) is 0. The number of benzene rings is 1. The van der Waals surface area contributed by atoms with Crippen molar-refractivity contribution in [1.29, 1.82) is 0 Å². The monoisotopic (exact) mass is 232 g/mol. The van der Waals surface area contributed by atoms with Gasteiger partial charge in [-0.1, -0.05) is 11.6 Å². The van der Waals surface area contributed by atoms with Crippen LogP contribution >= 0.6 is 11.6 Å². The molecule has 82 valence electrons. The summed E-state index contributed by atoms with van der Waals surface area (Å²) in [5.41, 5.74) is 0.147. The molecule has 0 radical (unpaired) electrons. The Morgan fingerprint density at radius 2 is 2.13 bits per heavy atom. The van der Waals surface area contributed by atoms with Crippen molar-refractivity contribution >= 4 is 17.6 Å². The largest absolute Gasteiger partial charge is 0.496 e. The van der Waals surface area contributed by atoms with Crippen LogP contribution < -0.4 is 4.74 Å². The molecule has 1 aromatic carbocycles. The van der Waals surface area contributed by atoms with E-state index < -0.39 is 11.8 Å². The predicted octanol–water partition coefficient (Wildman–Crippen LogP) is 2.20. The Morgan fingerprint density at radius 3 is 2.67 bits per heavy atom. The van der Waals surface area contributed by atoms with Crippen molar-refractivity contribution in [3.05, 3.63) is 28.5 Å². The molecule has 5 heteroatoms. The molecular weight excluding hydrogens is 223 g/mol. The fourth-order valence-electron chi connectivity index (χ4n) is 1.15. The molecule has 0 heterocycles. The van der Waals surface area contributed by atoms with Crippen LogP contribution in [0.4, 0.5) is 4.39 Å². The van der Waals surface area contributed by atoms with Gasteiger partial charge in [0.05, 0.1) is 20.6 Å². The van der Waals surface area contributed by atoms with Crippen molar-refractivity contribution in [3.63, 3.8) is 0 Å². The van der Waals surface area contributed by atoms with Gasteiger partial charge in [0.15, 0.2) is 0 Å². The summed E-state index contributed by atoms with van der Waals surface area (Å²) in [4.78, 5) is 11.0. The summed E-state index contributed by atoms with van der Waals surface area (Å²) in [5.74, 6) is -0.871. The van der Waals surface area contributed by atoms with Gasteiger partial charge in [0.25, 0.3) is 0 Å². The van der Waals surface area contributed by atoms with E-state index >= 15 is 0 Å². The first-order valence-corrected chi connectivity index (χ1v) is 4.55. The standard InChI is InChI=1S/C10H10ClFO3/c1-14-9-4-6(11)3-8(12)7(9)5-10(13)15-2/h3-4H,5H2,1-2H3. The Bertz CT molecular complexity index is 379. The van der Waals surface area contributed by atoms with Crippen LogP contribution in [0.15, 0.2) is 12.1 Å². The van der Waals surface area contributed by atoms with Crippen LogP contribution in [0.3, 0.4) is 0 Å². The third kappa shape index (κ3) is 2.83. The maximum Gasteiger partial charge on any atom is 0.310 e. The molecule has 0 bridgehead atoms. The van der Waals surface area contributed by atoms with Crippen molar-refractivity contribution in [2.75, 3.05) is 14.2 Å². The van der Waals surface area contributed by atoms with Gasteiger partial charge in [-0.25, -0.2) is 4.39 Å². The van der Waals surface area contributed by atoms with Crippen LogP contribution in [0.25, 0.3) is 0 Å². The van der Waals surface area contributed by atoms with E-state index in [1.165, 1.54) is 20.3 Å². The highest BCUT2D eigenvalue weighted by Crippen LogP contribution is 2.26. The summed E-state index contributed by atoms with van der Waals surface area (Å²) in [6, 6.07) is 2.57. The van der Waals surface area contributed by atoms with Crippen molar-refractivity contribution in [2.24, 2.45) is 0 Å². The summed E-state index contributed by atoms with van der Waals surface area (Å²) in [6.07, 6.45) is -0.178. The molecule has 3 nitrogen and oxygen atoms in total. The molecule has 0 N–H and O–H groups in total. The number of hydrogen-bond acceptors (Lipinski definition) is 3. The van der Waals surface area contributed by atoms with E-state index in [2.05, 4.69) is 4.74 Å². The van der Waals surface area contributed by atoms with Gasteiger partial charge in [0, 0.05) is 10.6 Å². The van der Waals surface area contributed by atoms with Crippen molar-refractivity contribution < 1.29 is 18.7 Å². The van der Waals surface area contributed by atoms with Crippen LogP contribution in [-0.4, -0.2) is 20.2 Å². The maximum absolute atomic E-state index is 13.4. The average Bonchev–Trinajstić information content (AvgIpc) is 2.21. The Kier molecular flexibility index (Phi) is 3.91. The Balaban J connectivity index is 3.09. The summed E-state index contributed by atoms with van der Waals surface area (Å²) in [7, 11) is 2.62. The highest BCUT2D eigenvalue weighted by molar-refractivity contribution is 6.30. The molecule has 0 spiro atoms. The van der Waals surface area contributed by atoms with Crippen LogP contribution in [0.5, 0.6) is 5.75 Å². The maximum atomic E-state index is 13.4. The Morgan fingerprint density at radius 1 is 1.47 bits per heavy atom. The number of carbonyl (C=O) groups excluding carboxylic acids is 1. The van der Waals surface area contributed by atoms with Gasteiger partial charge in [-0.2, -0.15) is 0 Å². The van der Waals surface area contributed by atoms with E-state index in [0.717, 1.165) is 6.07 Å². The number of ether oxygens (including phenoxy) is 2. The highest BCUT2D eigenvalue weighted by atomic mass is 35.5. The topological polar surface area (TPSA) is 35.5 Å². The zero-order valence-electron chi connectivity index (χ0n) is 8.34. The van der Waals surface area contributed by atoms with E-state index in [1.54, 1.807) is 0 Å². The van der Waals surface area contributed by atoms with Gasteiger partial charge in [-0.3, -0.25) is 4.79 Å². The third-order valence-corrected chi connectivity index (χ3v) is 2.11. The SMILES string of the molecule is COC(=O)Cc1c(F)cc(Cl)cc1OC. The molecule has 1 rings (SSSR count). The quantitative estimate of drug-likeness (QED) is 0.750. The molecule has 0 aromatic heterocycles. The van der Waals surface area contributed by atoms with Gasteiger partial charge in [0.2, 0.25) is 0 Å². The van der Waals surface area contributed by atoms with Gasteiger partial charge in [-0.15, -0.1) is 0 Å². The number of methoxy groups -OCH3 is 2. The van der Waals surface area contributed by atoms with Gasteiger partial charge >= 0.3 is 5.97 Å². The van der Waals surface area contributed by atoms with E-state index in [-0.39, 0.29) is 22.8 Å². The molecule has 0 saturated carbocycles. The van der Waals surface area contributed by atoms with Crippen molar-refractivity contribution in [1.82, 2.24) is 0 Å². The summed E-state index contributed by atoms with van der Waals surface area (Å²) < 4.78 is 22.8.